The standard InChI is InChI=1S/C15H17NOS2/c1-10(2)14-15(11(3)17)19-13(16-14)9-18-12-7-5-4-6-8-12/h4-8,10H,9H2,1-3H3. The van der Waals surface area contributed by atoms with Crippen LogP contribution in [-0.4, -0.2) is 10.8 Å². The lowest BCUT2D eigenvalue weighted by atomic mass is 10.1. The molecule has 2 aromatic rings. The number of Topliss-reactive ketones (excluding diaryl/α,β-unsaturated/α-hetero) is 1. The van der Waals surface area contributed by atoms with Gasteiger partial charge in [0.25, 0.3) is 0 Å². The number of thioether (sulfide) groups is 1. The van der Waals surface area contributed by atoms with Crippen LogP contribution >= 0.6 is 23.1 Å². The molecule has 0 saturated heterocycles. The highest BCUT2D eigenvalue weighted by atomic mass is 32.2. The molecule has 0 unspecified atom stereocenters. The van der Waals surface area contributed by atoms with Crippen LogP contribution < -0.4 is 0 Å². The number of carbonyl (C=O) groups is 1. The van der Waals surface area contributed by atoms with E-state index in [2.05, 4.69) is 31.0 Å². The fourth-order valence-corrected chi connectivity index (χ4v) is 3.77. The van der Waals surface area contributed by atoms with Crippen LogP contribution in [0.15, 0.2) is 35.2 Å². The van der Waals surface area contributed by atoms with Gasteiger partial charge in [0.2, 0.25) is 0 Å². The number of hydrogen-bond donors (Lipinski definition) is 0. The van der Waals surface area contributed by atoms with Crippen LogP contribution in [0.5, 0.6) is 0 Å². The van der Waals surface area contributed by atoms with Gasteiger partial charge in [0.1, 0.15) is 5.01 Å². The number of rotatable bonds is 5. The Kier molecular flexibility index (Phi) is 4.77. The average molecular weight is 291 g/mol. The van der Waals surface area contributed by atoms with Crippen LogP contribution in [0.2, 0.25) is 0 Å². The highest BCUT2D eigenvalue weighted by molar-refractivity contribution is 7.98. The fourth-order valence-electron chi connectivity index (χ4n) is 1.75. The number of hydrogen-bond acceptors (Lipinski definition) is 4. The molecule has 0 saturated carbocycles. The van der Waals surface area contributed by atoms with E-state index in [4.69, 9.17) is 0 Å². The van der Waals surface area contributed by atoms with Crippen molar-refractivity contribution in [3.05, 3.63) is 45.9 Å². The SMILES string of the molecule is CC(=O)c1sc(CSc2ccccc2)nc1C(C)C. The Morgan fingerprint density at radius 1 is 1.32 bits per heavy atom. The second-order valence-electron chi connectivity index (χ2n) is 4.63. The number of thiazole rings is 1. The first-order chi connectivity index (χ1) is 9.08. The third kappa shape index (κ3) is 3.67. The summed E-state index contributed by atoms with van der Waals surface area (Å²) >= 11 is 3.29. The molecule has 0 bridgehead atoms. The quantitative estimate of drug-likeness (QED) is 0.587. The van der Waals surface area contributed by atoms with E-state index in [0.29, 0.717) is 5.92 Å². The fraction of sp³-hybridized carbons (Fsp3) is 0.333. The summed E-state index contributed by atoms with van der Waals surface area (Å²) in [5.41, 5.74) is 0.946. The number of benzene rings is 1. The Hall–Kier alpha value is -1.13. The summed E-state index contributed by atoms with van der Waals surface area (Å²) in [6.07, 6.45) is 0. The zero-order valence-corrected chi connectivity index (χ0v) is 13.0. The van der Waals surface area contributed by atoms with E-state index in [-0.39, 0.29) is 5.78 Å². The Balaban J connectivity index is 2.13. The minimum absolute atomic E-state index is 0.122. The molecule has 2 rings (SSSR count). The molecule has 0 aliphatic heterocycles. The molecule has 0 aliphatic carbocycles. The van der Waals surface area contributed by atoms with Gasteiger partial charge < -0.3 is 0 Å². The summed E-state index contributed by atoms with van der Waals surface area (Å²) in [7, 11) is 0. The average Bonchev–Trinajstić information content (AvgIpc) is 2.82. The van der Waals surface area contributed by atoms with Crippen LogP contribution in [0.1, 0.15) is 47.1 Å². The van der Waals surface area contributed by atoms with Gasteiger partial charge >= 0.3 is 0 Å². The molecule has 1 aromatic carbocycles. The molecule has 0 amide bonds. The summed E-state index contributed by atoms with van der Waals surface area (Å²) in [6, 6.07) is 10.3. The predicted octanol–water partition coefficient (Wildman–Crippen LogP) is 4.76. The van der Waals surface area contributed by atoms with Gasteiger partial charge in [-0.05, 0) is 18.1 Å². The molecule has 1 heterocycles. The molecule has 0 aliphatic rings. The van der Waals surface area contributed by atoms with Gasteiger partial charge in [-0.3, -0.25) is 4.79 Å². The molecule has 0 N–H and O–H groups in total. The van der Waals surface area contributed by atoms with Gasteiger partial charge in [-0.1, -0.05) is 32.0 Å². The highest BCUT2D eigenvalue weighted by Gasteiger charge is 2.17. The molecular weight excluding hydrogens is 274 g/mol. The van der Waals surface area contributed by atoms with Crippen molar-refractivity contribution in [3.63, 3.8) is 0 Å². The first-order valence-electron chi connectivity index (χ1n) is 6.26. The van der Waals surface area contributed by atoms with E-state index < -0.39 is 0 Å². The first-order valence-corrected chi connectivity index (χ1v) is 8.06. The number of carbonyl (C=O) groups excluding carboxylic acids is 1. The van der Waals surface area contributed by atoms with Crippen molar-refractivity contribution in [1.82, 2.24) is 4.98 Å². The van der Waals surface area contributed by atoms with Crippen LogP contribution in [0, 0.1) is 0 Å². The van der Waals surface area contributed by atoms with Gasteiger partial charge in [-0.25, -0.2) is 4.98 Å². The van der Waals surface area contributed by atoms with Gasteiger partial charge in [0, 0.05) is 11.8 Å². The summed E-state index contributed by atoms with van der Waals surface area (Å²) in [6.45, 7) is 5.78. The van der Waals surface area contributed by atoms with Crippen molar-refractivity contribution in [3.8, 4) is 0 Å². The monoisotopic (exact) mass is 291 g/mol. The number of ketones is 1. The lowest BCUT2D eigenvalue weighted by Gasteiger charge is -2.01. The minimum Gasteiger partial charge on any atom is -0.294 e. The van der Waals surface area contributed by atoms with Crippen LogP contribution in [0.25, 0.3) is 0 Å². The third-order valence-electron chi connectivity index (χ3n) is 2.67. The first kappa shape index (κ1) is 14.3. The molecule has 1 aromatic heterocycles. The van der Waals surface area contributed by atoms with Crippen LogP contribution in [0.4, 0.5) is 0 Å². The molecular formula is C15H17NOS2. The van der Waals surface area contributed by atoms with Crippen LogP contribution in [-0.2, 0) is 5.75 Å². The second kappa shape index (κ2) is 6.35. The van der Waals surface area contributed by atoms with Crippen LogP contribution in [0.3, 0.4) is 0 Å². The van der Waals surface area contributed by atoms with Crippen molar-refractivity contribution >= 4 is 28.9 Å². The molecule has 0 spiro atoms. The summed E-state index contributed by atoms with van der Waals surface area (Å²) < 4.78 is 0. The normalized spacial score (nSPS) is 10.9. The zero-order chi connectivity index (χ0) is 13.8. The summed E-state index contributed by atoms with van der Waals surface area (Å²) in [5, 5.41) is 1.03. The highest BCUT2D eigenvalue weighted by Crippen LogP contribution is 2.30. The Labute approximate surface area is 122 Å². The summed E-state index contributed by atoms with van der Waals surface area (Å²) in [4.78, 5) is 18.3. The molecule has 19 heavy (non-hydrogen) atoms. The molecule has 0 atom stereocenters. The Bertz CT molecular complexity index is 561. The van der Waals surface area contributed by atoms with Crippen molar-refractivity contribution in [2.45, 2.75) is 37.3 Å². The maximum Gasteiger partial charge on any atom is 0.171 e. The van der Waals surface area contributed by atoms with Gasteiger partial charge in [0.15, 0.2) is 5.78 Å². The lowest BCUT2D eigenvalue weighted by Crippen LogP contribution is -1.97. The Morgan fingerprint density at radius 2 is 2.00 bits per heavy atom. The maximum absolute atomic E-state index is 11.6. The van der Waals surface area contributed by atoms with Gasteiger partial charge in [-0.15, -0.1) is 23.1 Å². The number of nitrogens with zero attached hydrogens (tertiary/aromatic N) is 1. The van der Waals surface area contributed by atoms with Crippen molar-refractivity contribution in [2.24, 2.45) is 0 Å². The topological polar surface area (TPSA) is 30.0 Å². The van der Waals surface area contributed by atoms with Gasteiger partial charge in [-0.2, -0.15) is 0 Å². The minimum atomic E-state index is 0.122. The molecule has 2 nitrogen and oxygen atoms in total. The molecule has 0 fully saturated rings. The van der Waals surface area contributed by atoms with Gasteiger partial charge in [0.05, 0.1) is 16.3 Å². The molecule has 100 valence electrons. The number of aromatic nitrogens is 1. The van der Waals surface area contributed by atoms with E-state index in [0.717, 1.165) is 21.3 Å². The van der Waals surface area contributed by atoms with E-state index >= 15 is 0 Å². The maximum atomic E-state index is 11.6. The zero-order valence-electron chi connectivity index (χ0n) is 11.3. The van der Waals surface area contributed by atoms with E-state index in [1.807, 2.05) is 18.2 Å². The smallest absolute Gasteiger partial charge is 0.171 e. The largest absolute Gasteiger partial charge is 0.294 e. The third-order valence-corrected chi connectivity index (χ3v) is 5.05. The molecule has 0 radical (unpaired) electrons. The molecule has 4 heteroatoms. The van der Waals surface area contributed by atoms with E-state index in [9.17, 15) is 4.79 Å². The van der Waals surface area contributed by atoms with E-state index in [1.165, 1.54) is 16.2 Å². The van der Waals surface area contributed by atoms with Crippen molar-refractivity contribution < 1.29 is 4.79 Å². The van der Waals surface area contributed by atoms with E-state index in [1.54, 1.807) is 18.7 Å². The van der Waals surface area contributed by atoms with Crippen molar-refractivity contribution in [2.75, 3.05) is 0 Å². The predicted molar refractivity (Wildman–Crippen MR) is 82.2 cm³/mol. The second-order valence-corrected chi connectivity index (χ2v) is 6.77. The summed E-state index contributed by atoms with van der Waals surface area (Å²) in [5.74, 6) is 1.24. The lowest BCUT2D eigenvalue weighted by molar-refractivity contribution is 0.102. The Morgan fingerprint density at radius 3 is 2.53 bits per heavy atom. The van der Waals surface area contributed by atoms with Crippen molar-refractivity contribution in [1.29, 1.82) is 0 Å².